The van der Waals surface area contributed by atoms with Crippen LogP contribution in [0.1, 0.15) is 39.0 Å². The van der Waals surface area contributed by atoms with E-state index in [1.54, 1.807) is 33.7 Å². The van der Waals surface area contributed by atoms with Crippen molar-refractivity contribution in [3.63, 3.8) is 0 Å². The molecule has 0 saturated carbocycles. The fraction of sp³-hybridized carbons (Fsp3) is 0.629. The molecule has 10 nitrogen and oxygen atoms in total. The molecule has 5 rings (SSSR count). The lowest BCUT2D eigenvalue weighted by Gasteiger charge is -2.38. The summed E-state index contributed by atoms with van der Waals surface area (Å²) in [5, 5.41) is 9.33. The predicted octanol–water partition coefficient (Wildman–Crippen LogP) is 3.20. The quantitative estimate of drug-likeness (QED) is 0.202. The van der Waals surface area contributed by atoms with Gasteiger partial charge in [-0.1, -0.05) is 12.2 Å². The van der Waals surface area contributed by atoms with Gasteiger partial charge in [-0.15, -0.1) is 24.9 Å². The standard InChI is InChI=1S/C35H50N4O6S/c1-4-16-37(20-19-36-21-24-44-25-22-36)34(43)31-35-15-14-28(46-35)29(30(35)33(42)39(31)18-8-7-9-23-40)32(41)38(17-5-2)26-10-12-27(13-11-26)45-6-3/h4-5,10-13,28-31,40H,1-2,6-9,14-25H2,3H3/t28-,29+,30+,31?,35?/m1/s1. The molecule has 4 saturated heterocycles. The van der Waals surface area contributed by atoms with Gasteiger partial charge in [-0.05, 0) is 63.3 Å². The number of hydrogen-bond acceptors (Lipinski definition) is 8. The molecule has 0 aliphatic carbocycles. The summed E-state index contributed by atoms with van der Waals surface area (Å²) >= 11 is 1.70. The van der Waals surface area contributed by atoms with Gasteiger partial charge >= 0.3 is 0 Å². The zero-order valence-electron chi connectivity index (χ0n) is 27.2. The van der Waals surface area contributed by atoms with E-state index in [2.05, 4.69) is 18.1 Å². The Hall–Kier alpha value is -2.86. The lowest BCUT2D eigenvalue weighted by Crippen LogP contribution is -2.56. The molecule has 4 heterocycles. The molecule has 2 unspecified atom stereocenters. The molecule has 1 aromatic rings. The maximum absolute atomic E-state index is 14.7. The van der Waals surface area contributed by atoms with Crippen molar-refractivity contribution in [1.82, 2.24) is 14.7 Å². The molecule has 1 spiro atoms. The van der Waals surface area contributed by atoms with Crippen molar-refractivity contribution < 1.29 is 29.0 Å². The molecule has 0 radical (unpaired) electrons. The SMILES string of the molecule is C=CCN(CCN1CCOCC1)C(=O)C1N(CCCCCO)C(=O)[C@@H]2[C@@H](C(=O)N(CC=C)c3ccc(OCC)cc3)[C@H]3CCC12S3. The molecule has 4 fully saturated rings. The number of aliphatic hydroxyl groups is 1. The third kappa shape index (κ3) is 6.88. The number of likely N-dealkylation sites (tertiary alicyclic amines) is 1. The molecule has 4 aliphatic rings. The van der Waals surface area contributed by atoms with E-state index in [0.29, 0.717) is 58.8 Å². The minimum Gasteiger partial charge on any atom is -0.494 e. The van der Waals surface area contributed by atoms with Crippen LogP contribution in [0.25, 0.3) is 0 Å². The fourth-order valence-electron chi connectivity index (χ4n) is 7.75. The van der Waals surface area contributed by atoms with E-state index < -0.39 is 22.6 Å². The van der Waals surface area contributed by atoms with Crippen LogP contribution < -0.4 is 9.64 Å². The third-order valence-corrected chi connectivity index (χ3v) is 11.8. The van der Waals surface area contributed by atoms with E-state index in [1.165, 1.54) is 0 Å². The van der Waals surface area contributed by atoms with Gasteiger partial charge in [-0.3, -0.25) is 19.3 Å². The Labute approximate surface area is 277 Å². The summed E-state index contributed by atoms with van der Waals surface area (Å²) in [5.41, 5.74) is 0.731. The average molecular weight is 655 g/mol. The second kappa shape index (κ2) is 15.8. The van der Waals surface area contributed by atoms with E-state index in [9.17, 15) is 19.5 Å². The minimum absolute atomic E-state index is 0.0375. The number of aliphatic hydroxyl groups excluding tert-OH is 1. The average Bonchev–Trinajstić information content (AvgIpc) is 3.72. The number of anilines is 1. The number of thioether (sulfide) groups is 1. The Morgan fingerprint density at radius 1 is 1.09 bits per heavy atom. The Morgan fingerprint density at radius 3 is 2.50 bits per heavy atom. The highest BCUT2D eigenvalue weighted by atomic mass is 32.2. The first kappa shape index (κ1) is 34.5. The van der Waals surface area contributed by atoms with Crippen molar-refractivity contribution in [1.29, 1.82) is 0 Å². The minimum atomic E-state index is -0.660. The van der Waals surface area contributed by atoms with Crippen LogP contribution in [-0.4, -0.2) is 126 Å². The molecule has 5 atom stereocenters. The van der Waals surface area contributed by atoms with Crippen molar-refractivity contribution in [2.45, 2.75) is 55.1 Å². The van der Waals surface area contributed by atoms with Gasteiger partial charge in [0.25, 0.3) is 0 Å². The lowest BCUT2D eigenvalue weighted by molar-refractivity contribution is -0.142. The van der Waals surface area contributed by atoms with Crippen molar-refractivity contribution >= 4 is 35.2 Å². The molecule has 1 aromatic carbocycles. The number of nitrogens with zero attached hydrogens (tertiary/aromatic N) is 4. The summed E-state index contributed by atoms with van der Waals surface area (Å²) in [4.78, 5) is 51.4. The molecule has 3 amide bonds. The topological polar surface area (TPSA) is 103 Å². The Morgan fingerprint density at radius 2 is 1.83 bits per heavy atom. The Kier molecular flexibility index (Phi) is 11.9. The van der Waals surface area contributed by atoms with Crippen LogP contribution in [0.4, 0.5) is 5.69 Å². The predicted molar refractivity (Wildman–Crippen MR) is 181 cm³/mol. The summed E-state index contributed by atoms with van der Waals surface area (Å²) in [6.07, 6.45) is 7.07. The van der Waals surface area contributed by atoms with Gasteiger partial charge in [0.05, 0.1) is 36.4 Å². The Bertz CT molecular complexity index is 1240. The molecule has 2 bridgehead atoms. The van der Waals surface area contributed by atoms with Crippen molar-refractivity contribution in [2.75, 3.05) is 77.1 Å². The van der Waals surface area contributed by atoms with Crippen molar-refractivity contribution in [3.05, 3.63) is 49.6 Å². The smallest absolute Gasteiger partial charge is 0.247 e. The molecule has 4 aliphatic heterocycles. The number of carbonyl (C=O) groups excluding carboxylic acids is 3. The van der Waals surface area contributed by atoms with Crippen LogP contribution in [0, 0.1) is 11.8 Å². The second-order valence-electron chi connectivity index (χ2n) is 12.6. The zero-order chi connectivity index (χ0) is 32.7. The lowest BCUT2D eigenvalue weighted by atomic mass is 9.70. The molecular weight excluding hydrogens is 604 g/mol. The van der Waals surface area contributed by atoms with E-state index in [0.717, 1.165) is 50.3 Å². The van der Waals surface area contributed by atoms with E-state index in [1.807, 2.05) is 36.1 Å². The third-order valence-electron chi connectivity index (χ3n) is 9.86. The number of ether oxygens (including phenoxy) is 2. The number of amides is 3. The number of fused-ring (bicyclic) bond motifs is 1. The number of rotatable bonds is 17. The normalized spacial score (nSPS) is 27.0. The van der Waals surface area contributed by atoms with Crippen molar-refractivity contribution in [2.24, 2.45) is 11.8 Å². The van der Waals surface area contributed by atoms with Crippen LogP contribution in [0.2, 0.25) is 0 Å². The maximum Gasteiger partial charge on any atom is 0.247 e. The largest absolute Gasteiger partial charge is 0.494 e. The fourth-order valence-corrected chi connectivity index (χ4v) is 9.96. The van der Waals surface area contributed by atoms with Crippen LogP contribution >= 0.6 is 11.8 Å². The summed E-state index contributed by atoms with van der Waals surface area (Å²) in [7, 11) is 0. The van der Waals surface area contributed by atoms with Crippen LogP contribution in [0.5, 0.6) is 5.75 Å². The molecule has 252 valence electrons. The highest BCUT2D eigenvalue weighted by Gasteiger charge is 2.74. The maximum atomic E-state index is 14.7. The number of carbonyl (C=O) groups is 3. The van der Waals surface area contributed by atoms with Crippen LogP contribution in [0.15, 0.2) is 49.6 Å². The van der Waals surface area contributed by atoms with Gasteiger partial charge < -0.3 is 29.3 Å². The summed E-state index contributed by atoms with van der Waals surface area (Å²) in [5.74, 6) is -0.611. The van der Waals surface area contributed by atoms with E-state index >= 15 is 0 Å². The molecule has 1 N–H and O–H groups in total. The monoisotopic (exact) mass is 654 g/mol. The number of morpholine rings is 1. The molecule has 46 heavy (non-hydrogen) atoms. The highest BCUT2D eigenvalue weighted by Crippen LogP contribution is 2.66. The number of hydrogen-bond donors (Lipinski definition) is 1. The van der Waals surface area contributed by atoms with E-state index in [-0.39, 0.29) is 29.6 Å². The summed E-state index contributed by atoms with van der Waals surface area (Å²) in [6, 6.07) is 6.82. The highest BCUT2D eigenvalue weighted by molar-refractivity contribution is 8.02. The second-order valence-corrected chi connectivity index (χ2v) is 14.2. The number of unbranched alkanes of at least 4 members (excludes halogenated alkanes) is 2. The first-order valence-corrected chi connectivity index (χ1v) is 17.7. The van der Waals surface area contributed by atoms with Crippen molar-refractivity contribution in [3.8, 4) is 5.75 Å². The van der Waals surface area contributed by atoms with E-state index in [4.69, 9.17) is 9.47 Å². The first-order valence-electron chi connectivity index (χ1n) is 16.8. The number of benzene rings is 1. The van der Waals surface area contributed by atoms with Crippen LogP contribution in [-0.2, 0) is 19.1 Å². The first-order chi connectivity index (χ1) is 22.4. The van der Waals surface area contributed by atoms with Gasteiger partial charge in [0.15, 0.2) is 0 Å². The van der Waals surface area contributed by atoms with Gasteiger partial charge in [0.2, 0.25) is 17.7 Å². The summed E-state index contributed by atoms with van der Waals surface area (Å²) < 4.78 is 10.5. The molecular formula is C35H50N4O6S. The molecule has 11 heteroatoms. The van der Waals surface area contributed by atoms with Gasteiger partial charge in [0.1, 0.15) is 11.8 Å². The van der Waals surface area contributed by atoms with Crippen LogP contribution in [0.3, 0.4) is 0 Å². The Balaban J connectivity index is 1.44. The van der Waals surface area contributed by atoms with Gasteiger partial charge in [-0.2, -0.15) is 0 Å². The zero-order valence-corrected chi connectivity index (χ0v) is 28.0. The summed E-state index contributed by atoms with van der Waals surface area (Å²) in [6.45, 7) is 15.9. The van der Waals surface area contributed by atoms with Gasteiger partial charge in [-0.25, -0.2) is 0 Å². The molecule has 0 aromatic heterocycles. The van der Waals surface area contributed by atoms with Gasteiger partial charge in [0, 0.05) is 63.4 Å².